The maximum absolute atomic E-state index is 13.1. The Hall–Kier alpha value is -1.35. The molecule has 2 bridgehead atoms. The Labute approximate surface area is 146 Å². The molecule has 0 N–H and O–H groups in total. The van der Waals surface area contributed by atoms with Crippen LogP contribution >= 0.6 is 0 Å². The van der Waals surface area contributed by atoms with Crippen molar-refractivity contribution in [3.05, 3.63) is 34.9 Å². The van der Waals surface area contributed by atoms with E-state index >= 15 is 0 Å². The molecule has 4 aliphatic rings. The molecule has 1 aromatic carbocycles. The van der Waals surface area contributed by atoms with Gasteiger partial charge < -0.3 is 4.90 Å². The van der Waals surface area contributed by atoms with Crippen LogP contribution in [0.5, 0.6) is 0 Å². The van der Waals surface area contributed by atoms with Crippen molar-refractivity contribution in [3.8, 4) is 0 Å². The molecule has 0 radical (unpaired) electrons. The third kappa shape index (κ3) is 3.23. The molecule has 24 heavy (non-hydrogen) atoms. The Kier molecular flexibility index (Phi) is 4.38. The predicted molar refractivity (Wildman–Crippen MR) is 97.2 cm³/mol. The van der Waals surface area contributed by atoms with Gasteiger partial charge in [-0.3, -0.25) is 9.69 Å². The normalized spacial score (nSPS) is 27.8. The smallest absolute Gasteiger partial charge is 0.253 e. The van der Waals surface area contributed by atoms with Crippen molar-refractivity contribution >= 4 is 5.91 Å². The van der Waals surface area contributed by atoms with E-state index in [4.69, 9.17) is 0 Å². The fourth-order valence-corrected chi connectivity index (χ4v) is 4.86. The van der Waals surface area contributed by atoms with E-state index in [2.05, 4.69) is 29.7 Å². The molecular weight excluding hydrogens is 296 g/mol. The zero-order valence-corrected chi connectivity index (χ0v) is 15.1. The van der Waals surface area contributed by atoms with Crippen molar-refractivity contribution in [1.29, 1.82) is 0 Å². The number of aryl methyl sites for hydroxylation is 2. The van der Waals surface area contributed by atoms with Gasteiger partial charge in [0.1, 0.15) is 0 Å². The van der Waals surface area contributed by atoms with Crippen LogP contribution in [-0.2, 0) is 0 Å². The number of nitrogens with zero attached hydrogens (tertiary/aromatic N) is 2. The Morgan fingerprint density at radius 3 is 2.42 bits per heavy atom. The van der Waals surface area contributed by atoms with E-state index in [1.165, 1.54) is 56.3 Å². The number of hydrogen-bond acceptors (Lipinski definition) is 2. The second kappa shape index (κ2) is 6.51. The lowest BCUT2D eigenvalue weighted by Crippen LogP contribution is -2.47. The Balaban J connectivity index is 1.49. The molecular formula is C21H30N2O. The van der Waals surface area contributed by atoms with Gasteiger partial charge in [0.2, 0.25) is 0 Å². The second-order valence-corrected chi connectivity index (χ2v) is 8.43. The van der Waals surface area contributed by atoms with Gasteiger partial charge in [-0.1, -0.05) is 23.6 Å². The van der Waals surface area contributed by atoms with Crippen molar-refractivity contribution in [1.82, 2.24) is 9.80 Å². The van der Waals surface area contributed by atoms with Crippen molar-refractivity contribution < 1.29 is 4.79 Å². The van der Waals surface area contributed by atoms with Crippen molar-refractivity contribution in [2.45, 2.75) is 52.0 Å². The van der Waals surface area contributed by atoms with Gasteiger partial charge in [0, 0.05) is 37.8 Å². The quantitative estimate of drug-likeness (QED) is 0.846. The molecule has 0 spiro atoms. The minimum Gasteiger partial charge on any atom is -0.337 e. The monoisotopic (exact) mass is 326 g/mol. The summed E-state index contributed by atoms with van der Waals surface area (Å²) in [5.74, 6) is 1.83. The van der Waals surface area contributed by atoms with Gasteiger partial charge in [-0.15, -0.1) is 0 Å². The zero-order valence-electron chi connectivity index (χ0n) is 15.1. The summed E-state index contributed by atoms with van der Waals surface area (Å²) >= 11 is 0. The molecule has 4 fully saturated rings. The number of hydrogen-bond donors (Lipinski definition) is 0. The largest absolute Gasteiger partial charge is 0.337 e. The van der Waals surface area contributed by atoms with Gasteiger partial charge in [0.25, 0.3) is 5.91 Å². The molecule has 1 saturated carbocycles. The number of amides is 1. The van der Waals surface area contributed by atoms with Crippen LogP contribution in [0.2, 0.25) is 0 Å². The lowest BCUT2D eigenvalue weighted by Gasteiger charge is -2.40. The van der Waals surface area contributed by atoms with Gasteiger partial charge in [-0.2, -0.15) is 0 Å². The van der Waals surface area contributed by atoms with Crippen LogP contribution in [0.4, 0.5) is 0 Å². The van der Waals surface area contributed by atoms with E-state index in [0.29, 0.717) is 12.0 Å². The number of carbonyl (C=O) groups is 1. The summed E-state index contributed by atoms with van der Waals surface area (Å²) in [7, 11) is 0. The predicted octanol–water partition coefficient (Wildman–Crippen LogP) is 3.64. The molecule has 0 unspecified atom stereocenters. The van der Waals surface area contributed by atoms with E-state index in [1.54, 1.807) is 0 Å². The molecule has 3 heteroatoms. The molecule has 1 aliphatic carbocycles. The highest BCUT2D eigenvalue weighted by Gasteiger charge is 2.37. The number of benzene rings is 1. The third-order valence-corrected chi connectivity index (χ3v) is 6.30. The van der Waals surface area contributed by atoms with Crippen LogP contribution < -0.4 is 0 Å². The first-order valence-corrected chi connectivity index (χ1v) is 9.70. The summed E-state index contributed by atoms with van der Waals surface area (Å²) < 4.78 is 0. The lowest BCUT2D eigenvalue weighted by atomic mass is 9.83. The van der Waals surface area contributed by atoms with E-state index in [-0.39, 0.29) is 5.91 Å². The van der Waals surface area contributed by atoms with Crippen LogP contribution in [0, 0.1) is 25.7 Å². The van der Waals surface area contributed by atoms with Crippen LogP contribution in [0.15, 0.2) is 18.2 Å². The number of piperidine rings is 1. The summed E-state index contributed by atoms with van der Waals surface area (Å²) in [5, 5.41) is 0. The topological polar surface area (TPSA) is 23.6 Å². The Morgan fingerprint density at radius 1 is 1.00 bits per heavy atom. The Morgan fingerprint density at radius 2 is 1.75 bits per heavy atom. The molecule has 5 rings (SSSR count). The highest BCUT2D eigenvalue weighted by molar-refractivity contribution is 5.94. The molecule has 3 aliphatic heterocycles. The average Bonchev–Trinajstić information content (AvgIpc) is 2.80. The highest BCUT2D eigenvalue weighted by Crippen LogP contribution is 2.33. The second-order valence-electron chi connectivity index (χ2n) is 8.43. The zero-order chi connectivity index (χ0) is 16.7. The molecule has 3 saturated heterocycles. The van der Waals surface area contributed by atoms with Gasteiger partial charge in [0.05, 0.1) is 0 Å². The first-order chi connectivity index (χ1) is 11.6. The summed E-state index contributed by atoms with van der Waals surface area (Å²) in [5.41, 5.74) is 3.24. The number of fused-ring (bicyclic) bond motifs is 4. The van der Waals surface area contributed by atoms with E-state index in [0.717, 1.165) is 24.6 Å². The number of carbonyl (C=O) groups excluding carboxylic acids is 1. The van der Waals surface area contributed by atoms with Crippen LogP contribution in [0.25, 0.3) is 0 Å². The fraction of sp³-hybridized carbons (Fsp3) is 0.667. The maximum atomic E-state index is 13.1. The minimum absolute atomic E-state index is 0.240. The first-order valence-electron chi connectivity index (χ1n) is 9.70. The van der Waals surface area contributed by atoms with Gasteiger partial charge in [0.15, 0.2) is 0 Å². The molecule has 0 aromatic heterocycles. The van der Waals surface area contributed by atoms with E-state index < -0.39 is 0 Å². The summed E-state index contributed by atoms with van der Waals surface area (Å²) in [6.45, 7) is 8.51. The standard InChI is InChI=1S/C21H30N2O/c1-15-8-16(2)10-19(9-15)21(24)23-13-18-6-7-20(14-23)22(12-18)11-17-4-3-5-17/h8-10,17-18,20H,3-7,11-14H2,1-2H3/t18-,20-/m1/s1. The van der Waals surface area contributed by atoms with Crippen molar-refractivity contribution in [2.24, 2.45) is 11.8 Å². The van der Waals surface area contributed by atoms with Crippen LogP contribution in [0.1, 0.15) is 53.6 Å². The molecule has 1 aromatic rings. The number of rotatable bonds is 3. The molecule has 130 valence electrons. The molecule has 2 atom stereocenters. The van der Waals surface area contributed by atoms with Crippen molar-refractivity contribution in [3.63, 3.8) is 0 Å². The SMILES string of the molecule is Cc1cc(C)cc(C(=O)N2C[C@@H]3CC[C@H](C2)N(CC2CCC2)C3)c1. The molecule has 3 nitrogen and oxygen atoms in total. The molecule has 1 amide bonds. The highest BCUT2D eigenvalue weighted by atomic mass is 16.2. The Bertz CT molecular complexity index is 602. The minimum atomic E-state index is 0.240. The van der Waals surface area contributed by atoms with E-state index in [1.807, 2.05) is 12.1 Å². The van der Waals surface area contributed by atoms with Gasteiger partial charge in [-0.05, 0) is 63.5 Å². The molecule has 3 heterocycles. The average molecular weight is 326 g/mol. The lowest BCUT2D eigenvalue weighted by molar-refractivity contribution is 0.0717. The fourth-order valence-electron chi connectivity index (χ4n) is 4.86. The summed E-state index contributed by atoms with van der Waals surface area (Å²) in [6, 6.07) is 6.82. The summed E-state index contributed by atoms with van der Waals surface area (Å²) in [6.07, 6.45) is 6.82. The first kappa shape index (κ1) is 16.1. The third-order valence-electron chi connectivity index (χ3n) is 6.30. The van der Waals surface area contributed by atoms with Crippen LogP contribution in [-0.4, -0.2) is 47.9 Å². The summed E-state index contributed by atoms with van der Waals surface area (Å²) in [4.78, 5) is 17.9. The van der Waals surface area contributed by atoms with Gasteiger partial charge >= 0.3 is 0 Å². The maximum Gasteiger partial charge on any atom is 0.253 e. The van der Waals surface area contributed by atoms with E-state index in [9.17, 15) is 4.79 Å². The van der Waals surface area contributed by atoms with Crippen LogP contribution in [0.3, 0.4) is 0 Å². The van der Waals surface area contributed by atoms with Crippen molar-refractivity contribution in [2.75, 3.05) is 26.2 Å². The van der Waals surface area contributed by atoms with Gasteiger partial charge in [-0.25, -0.2) is 0 Å².